The molecule has 16 heavy (non-hydrogen) atoms. The van der Waals surface area contributed by atoms with E-state index in [1.807, 2.05) is 0 Å². The summed E-state index contributed by atoms with van der Waals surface area (Å²) < 4.78 is 28.7. The van der Waals surface area contributed by atoms with Gasteiger partial charge in [-0.3, -0.25) is 0 Å². The fourth-order valence-corrected chi connectivity index (χ4v) is 1.27. The molecule has 0 aromatic rings. The Bertz CT molecular complexity index is 148. The van der Waals surface area contributed by atoms with Gasteiger partial charge in [-0.05, 0) is 6.42 Å². The van der Waals surface area contributed by atoms with Crippen molar-refractivity contribution in [2.75, 3.05) is 26.3 Å². The first-order valence-corrected chi connectivity index (χ1v) is 5.91. The monoisotopic (exact) mass is 239 g/mol. The Morgan fingerprint density at radius 3 is 2.56 bits per heavy atom. The molecular weight excluding hydrogens is 216 g/mol. The van der Waals surface area contributed by atoms with Gasteiger partial charge in [-0.25, -0.2) is 8.78 Å². The standard InChI is InChI=1S/C11H23F2NO2/c1-2-3-4-5-6-16-9-10(15)7-14-8-11(12)13/h10-11,14-15H,2-9H2,1H3. The summed E-state index contributed by atoms with van der Waals surface area (Å²) in [5, 5.41) is 11.8. The number of aliphatic hydroxyl groups is 1. The maximum absolute atomic E-state index is 11.7. The maximum atomic E-state index is 11.7. The van der Waals surface area contributed by atoms with Crippen molar-refractivity contribution >= 4 is 0 Å². The fourth-order valence-electron chi connectivity index (χ4n) is 1.27. The lowest BCUT2D eigenvalue weighted by molar-refractivity contribution is 0.0330. The van der Waals surface area contributed by atoms with Crippen LogP contribution < -0.4 is 5.32 Å². The summed E-state index contributed by atoms with van der Waals surface area (Å²) in [5.41, 5.74) is 0. The Kier molecular flexibility index (Phi) is 11.0. The third-order valence-corrected chi connectivity index (χ3v) is 2.13. The third-order valence-electron chi connectivity index (χ3n) is 2.13. The van der Waals surface area contributed by atoms with Crippen LogP contribution >= 0.6 is 0 Å². The summed E-state index contributed by atoms with van der Waals surface area (Å²) in [7, 11) is 0. The summed E-state index contributed by atoms with van der Waals surface area (Å²) in [4.78, 5) is 0. The molecule has 1 unspecified atom stereocenters. The number of hydrogen-bond donors (Lipinski definition) is 2. The Labute approximate surface area is 96.2 Å². The number of hydrogen-bond acceptors (Lipinski definition) is 3. The molecule has 0 saturated carbocycles. The molecule has 0 aromatic carbocycles. The Morgan fingerprint density at radius 1 is 1.19 bits per heavy atom. The molecule has 0 aromatic heterocycles. The second-order valence-electron chi connectivity index (χ2n) is 3.84. The number of unbranched alkanes of at least 4 members (excludes halogenated alkanes) is 3. The number of ether oxygens (including phenoxy) is 1. The van der Waals surface area contributed by atoms with Gasteiger partial charge in [-0.2, -0.15) is 0 Å². The van der Waals surface area contributed by atoms with E-state index in [1.165, 1.54) is 12.8 Å². The molecule has 0 radical (unpaired) electrons. The van der Waals surface area contributed by atoms with Gasteiger partial charge < -0.3 is 15.2 Å². The zero-order valence-corrected chi connectivity index (χ0v) is 9.92. The van der Waals surface area contributed by atoms with Gasteiger partial charge in [-0.15, -0.1) is 0 Å². The molecule has 0 fully saturated rings. The average Bonchev–Trinajstić information content (AvgIpc) is 2.22. The van der Waals surface area contributed by atoms with E-state index >= 15 is 0 Å². The minimum atomic E-state index is -2.37. The van der Waals surface area contributed by atoms with Gasteiger partial charge in [0.15, 0.2) is 0 Å². The van der Waals surface area contributed by atoms with Crippen molar-refractivity contribution in [3.05, 3.63) is 0 Å². The molecule has 1 atom stereocenters. The molecule has 0 aliphatic heterocycles. The fraction of sp³-hybridized carbons (Fsp3) is 1.00. The van der Waals surface area contributed by atoms with E-state index < -0.39 is 12.5 Å². The van der Waals surface area contributed by atoms with Crippen molar-refractivity contribution in [1.29, 1.82) is 0 Å². The molecule has 0 spiro atoms. The highest BCUT2D eigenvalue weighted by atomic mass is 19.3. The average molecular weight is 239 g/mol. The number of nitrogens with one attached hydrogen (secondary N) is 1. The van der Waals surface area contributed by atoms with Crippen LogP contribution in [0, 0.1) is 0 Å². The molecule has 98 valence electrons. The van der Waals surface area contributed by atoms with Crippen molar-refractivity contribution in [3.63, 3.8) is 0 Å². The molecule has 0 amide bonds. The molecule has 0 rings (SSSR count). The van der Waals surface area contributed by atoms with E-state index in [0.29, 0.717) is 6.61 Å². The minimum absolute atomic E-state index is 0.152. The van der Waals surface area contributed by atoms with Crippen LogP contribution in [0.5, 0.6) is 0 Å². The lowest BCUT2D eigenvalue weighted by Crippen LogP contribution is -2.33. The zero-order chi connectivity index (χ0) is 12.2. The second-order valence-corrected chi connectivity index (χ2v) is 3.84. The SMILES string of the molecule is CCCCCCOCC(O)CNCC(F)F. The summed E-state index contributed by atoms with van der Waals surface area (Å²) in [6.07, 6.45) is 1.43. The molecular formula is C11H23F2NO2. The van der Waals surface area contributed by atoms with E-state index in [2.05, 4.69) is 12.2 Å². The highest BCUT2D eigenvalue weighted by Gasteiger charge is 2.06. The largest absolute Gasteiger partial charge is 0.389 e. The molecule has 2 N–H and O–H groups in total. The Balaban J connectivity index is 3.14. The van der Waals surface area contributed by atoms with Crippen LogP contribution in [-0.4, -0.2) is 43.9 Å². The predicted octanol–water partition coefficient (Wildman–Crippen LogP) is 1.80. The van der Waals surface area contributed by atoms with Gasteiger partial charge in [0.25, 0.3) is 6.43 Å². The smallest absolute Gasteiger partial charge is 0.250 e. The van der Waals surface area contributed by atoms with E-state index in [-0.39, 0.29) is 19.7 Å². The maximum Gasteiger partial charge on any atom is 0.250 e. The molecule has 3 nitrogen and oxygen atoms in total. The Hall–Kier alpha value is -0.260. The van der Waals surface area contributed by atoms with Crippen molar-refractivity contribution in [1.82, 2.24) is 5.32 Å². The first-order valence-electron chi connectivity index (χ1n) is 5.91. The summed E-state index contributed by atoms with van der Waals surface area (Å²) in [6, 6.07) is 0. The lowest BCUT2D eigenvalue weighted by atomic mass is 10.2. The summed E-state index contributed by atoms with van der Waals surface area (Å²) >= 11 is 0. The second kappa shape index (κ2) is 11.2. The van der Waals surface area contributed by atoms with E-state index in [4.69, 9.17) is 4.74 Å². The lowest BCUT2D eigenvalue weighted by Gasteiger charge is -2.12. The molecule has 5 heteroatoms. The molecule has 0 bridgehead atoms. The van der Waals surface area contributed by atoms with Crippen LogP contribution in [-0.2, 0) is 4.74 Å². The van der Waals surface area contributed by atoms with Gasteiger partial charge in [0.2, 0.25) is 0 Å². The van der Waals surface area contributed by atoms with Gasteiger partial charge in [0.05, 0.1) is 19.3 Å². The van der Waals surface area contributed by atoms with Gasteiger partial charge in [0.1, 0.15) is 0 Å². The van der Waals surface area contributed by atoms with Crippen LogP contribution in [0.1, 0.15) is 32.6 Å². The van der Waals surface area contributed by atoms with Crippen LogP contribution in [0.3, 0.4) is 0 Å². The number of rotatable bonds is 11. The highest BCUT2D eigenvalue weighted by Crippen LogP contribution is 1.99. The minimum Gasteiger partial charge on any atom is -0.389 e. The van der Waals surface area contributed by atoms with E-state index in [1.54, 1.807) is 0 Å². The van der Waals surface area contributed by atoms with Gasteiger partial charge >= 0.3 is 0 Å². The van der Waals surface area contributed by atoms with E-state index in [0.717, 1.165) is 12.8 Å². The zero-order valence-electron chi connectivity index (χ0n) is 9.92. The predicted molar refractivity (Wildman–Crippen MR) is 59.8 cm³/mol. The van der Waals surface area contributed by atoms with Gasteiger partial charge in [0, 0.05) is 13.2 Å². The molecule has 0 aliphatic carbocycles. The highest BCUT2D eigenvalue weighted by molar-refractivity contribution is 4.58. The van der Waals surface area contributed by atoms with Gasteiger partial charge in [-0.1, -0.05) is 26.2 Å². The van der Waals surface area contributed by atoms with Crippen LogP contribution in [0.15, 0.2) is 0 Å². The van der Waals surface area contributed by atoms with E-state index in [9.17, 15) is 13.9 Å². The first kappa shape index (κ1) is 15.7. The first-order chi connectivity index (χ1) is 7.66. The third kappa shape index (κ3) is 11.8. The Morgan fingerprint density at radius 2 is 1.94 bits per heavy atom. The van der Waals surface area contributed by atoms with Crippen LogP contribution in [0.2, 0.25) is 0 Å². The molecule has 0 saturated heterocycles. The molecule has 0 heterocycles. The normalized spacial score (nSPS) is 13.3. The number of halogens is 2. The number of aliphatic hydroxyl groups excluding tert-OH is 1. The van der Waals surface area contributed by atoms with Crippen LogP contribution in [0.4, 0.5) is 8.78 Å². The van der Waals surface area contributed by atoms with Crippen molar-refractivity contribution in [2.45, 2.75) is 45.1 Å². The van der Waals surface area contributed by atoms with Crippen molar-refractivity contribution in [3.8, 4) is 0 Å². The quantitative estimate of drug-likeness (QED) is 0.540. The molecule has 0 aliphatic rings. The number of alkyl halides is 2. The topological polar surface area (TPSA) is 41.5 Å². The van der Waals surface area contributed by atoms with Crippen molar-refractivity contribution in [2.24, 2.45) is 0 Å². The summed E-state index contributed by atoms with van der Waals surface area (Å²) in [5.74, 6) is 0. The van der Waals surface area contributed by atoms with Crippen molar-refractivity contribution < 1.29 is 18.6 Å². The van der Waals surface area contributed by atoms with Crippen LogP contribution in [0.25, 0.3) is 0 Å². The summed E-state index contributed by atoms with van der Waals surface area (Å²) in [6.45, 7) is 2.75.